The molecule has 0 saturated carbocycles. The Labute approximate surface area is 119 Å². The molecule has 1 aromatic heterocycles. The molecular weight excluding hydrogens is 282 g/mol. The summed E-state index contributed by atoms with van der Waals surface area (Å²) in [5.74, 6) is -0.580. The average molecular weight is 294 g/mol. The van der Waals surface area contributed by atoms with E-state index in [1.165, 1.54) is 12.1 Å². The van der Waals surface area contributed by atoms with E-state index < -0.39 is 11.6 Å². The Hall–Kier alpha value is -1.66. The Balaban J connectivity index is 1.95. The number of ether oxygens (including phenoxy) is 1. The Kier molecular flexibility index (Phi) is 3.58. The highest BCUT2D eigenvalue weighted by atomic mass is 32.1. The number of aromatic nitrogens is 2. The van der Waals surface area contributed by atoms with Crippen molar-refractivity contribution in [1.29, 1.82) is 0 Å². The minimum absolute atomic E-state index is 0.254. The minimum atomic E-state index is -0.588. The molecule has 0 fully saturated rings. The van der Waals surface area contributed by atoms with Crippen LogP contribution in [0.5, 0.6) is 0 Å². The molecule has 0 amide bonds. The maximum Gasteiger partial charge on any atom is 0.135 e. The molecule has 1 aromatic carbocycles. The van der Waals surface area contributed by atoms with E-state index in [4.69, 9.17) is 17.0 Å². The summed E-state index contributed by atoms with van der Waals surface area (Å²) in [6.45, 7) is 1.09. The molecule has 0 radical (unpaired) electrons. The maximum atomic E-state index is 13.6. The number of hydrogen-bond donors (Lipinski definition) is 1. The van der Waals surface area contributed by atoms with Crippen LogP contribution in [0.2, 0.25) is 0 Å². The third-order valence-corrected chi connectivity index (χ3v) is 3.61. The second-order valence-corrected chi connectivity index (χ2v) is 5.05. The van der Waals surface area contributed by atoms with Crippen molar-refractivity contribution in [3.8, 4) is 0 Å². The maximum absolute atomic E-state index is 13.6. The highest BCUT2D eigenvalue weighted by Gasteiger charge is 2.14. The summed E-state index contributed by atoms with van der Waals surface area (Å²) < 4.78 is 32.4. The lowest BCUT2D eigenvalue weighted by Crippen LogP contribution is -2.15. The lowest BCUT2D eigenvalue weighted by Gasteiger charge is -2.17. The van der Waals surface area contributed by atoms with Crippen LogP contribution in [0.3, 0.4) is 0 Å². The minimum Gasteiger partial charge on any atom is -0.376 e. The topological polar surface area (TPSA) is 37.9 Å². The van der Waals surface area contributed by atoms with E-state index in [2.05, 4.69) is 9.97 Å². The van der Waals surface area contributed by atoms with Gasteiger partial charge >= 0.3 is 0 Å². The van der Waals surface area contributed by atoms with E-state index in [0.717, 1.165) is 23.7 Å². The van der Waals surface area contributed by atoms with Gasteiger partial charge in [-0.2, -0.15) is 0 Å². The lowest BCUT2D eigenvalue weighted by atomic mass is 10.1. The number of hydrogen-bond acceptors (Lipinski definition) is 3. The van der Waals surface area contributed by atoms with Gasteiger partial charge in [0.15, 0.2) is 0 Å². The van der Waals surface area contributed by atoms with Gasteiger partial charge in [-0.1, -0.05) is 18.3 Å². The average Bonchev–Trinajstić information content (AvgIpc) is 2.42. The van der Waals surface area contributed by atoms with Crippen molar-refractivity contribution in [3.05, 3.63) is 57.1 Å². The fraction of sp³-hybridized carbons (Fsp3) is 0.286. The van der Waals surface area contributed by atoms with Gasteiger partial charge in [0.05, 0.1) is 13.2 Å². The summed E-state index contributed by atoms with van der Waals surface area (Å²) in [6, 6.07) is 3.53. The Morgan fingerprint density at radius 3 is 3.00 bits per heavy atom. The second kappa shape index (κ2) is 5.38. The molecule has 3 nitrogen and oxygen atoms in total. The fourth-order valence-corrected chi connectivity index (χ4v) is 2.53. The molecule has 0 unspecified atom stereocenters. The van der Waals surface area contributed by atoms with Crippen molar-refractivity contribution in [1.82, 2.24) is 9.97 Å². The second-order valence-electron chi connectivity index (χ2n) is 4.66. The van der Waals surface area contributed by atoms with Crippen LogP contribution in [0.25, 0.3) is 0 Å². The molecule has 0 spiro atoms. The van der Waals surface area contributed by atoms with E-state index in [0.29, 0.717) is 29.2 Å². The number of rotatable bonds is 2. The van der Waals surface area contributed by atoms with Gasteiger partial charge in [-0.25, -0.2) is 13.8 Å². The van der Waals surface area contributed by atoms with Crippen molar-refractivity contribution in [2.75, 3.05) is 6.61 Å². The molecule has 1 aliphatic rings. The molecule has 0 atom stereocenters. The molecule has 0 bridgehead atoms. The predicted octanol–water partition coefficient (Wildman–Crippen LogP) is 3.08. The standard InChI is InChI=1S/C14H12F2N2OS/c15-9-2-1-8(11(16)6-9)5-13-17-12-3-4-19-7-10(12)14(20)18-13/h1-2,6H,3-5,7H2,(H,17,18,20). The zero-order valence-electron chi connectivity index (χ0n) is 10.6. The largest absolute Gasteiger partial charge is 0.376 e. The quantitative estimate of drug-likeness (QED) is 0.865. The third-order valence-electron chi connectivity index (χ3n) is 3.27. The van der Waals surface area contributed by atoms with E-state index in [-0.39, 0.29) is 6.42 Å². The number of nitrogens with zero attached hydrogens (tertiary/aromatic N) is 1. The van der Waals surface area contributed by atoms with E-state index in [1.54, 1.807) is 0 Å². The first kappa shape index (κ1) is 13.3. The molecule has 0 aliphatic carbocycles. The first-order chi connectivity index (χ1) is 9.63. The van der Waals surface area contributed by atoms with Crippen molar-refractivity contribution in [2.24, 2.45) is 0 Å². The highest BCUT2D eigenvalue weighted by Crippen LogP contribution is 2.18. The van der Waals surface area contributed by atoms with Gasteiger partial charge < -0.3 is 9.72 Å². The molecule has 104 valence electrons. The first-order valence-corrected chi connectivity index (χ1v) is 6.67. The molecule has 6 heteroatoms. The van der Waals surface area contributed by atoms with Gasteiger partial charge in [-0.15, -0.1) is 0 Å². The van der Waals surface area contributed by atoms with Gasteiger partial charge in [0.1, 0.15) is 22.1 Å². The lowest BCUT2D eigenvalue weighted by molar-refractivity contribution is 0.108. The summed E-state index contributed by atoms with van der Waals surface area (Å²) in [5, 5.41) is 0. The van der Waals surface area contributed by atoms with Crippen molar-refractivity contribution < 1.29 is 13.5 Å². The van der Waals surface area contributed by atoms with Crippen LogP contribution in [0.15, 0.2) is 18.2 Å². The van der Waals surface area contributed by atoms with Crippen molar-refractivity contribution in [2.45, 2.75) is 19.4 Å². The van der Waals surface area contributed by atoms with E-state index in [1.807, 2.05) is 0 Å². The molecule has 3 rings (SSSR count). The fourth-order valence-electron chi connectivity index (χ4n) is 2.24. The summed E-state index contributed by atoms with van der Waals surface area (Å²) in [7, 11) is 0. The summed E-state index contributed by atoms with van der Waals surface area (Å²) in [6.07, 6.45) is 0.990. The monoisotopic (exact) mass is 294 g/mol. The number of halogens is 2. The summed E-state index contributed by atoms with van der Waals surface area (Å²) >= 11 is 5.23. The Morgan fingerprint density at radius 2 is 2.20 bits per heavy atom. The molecule has 20 heavy (non-hydrogen) atoms. The van der Waals surface area contributed by atoms with Crippen LogP contribution in [-0.4, -0.2) is 16.6 Å². The third kappa shape index (κ3) is 2.62. The molecule has 0 saturated heterocycles. The van der Waals surface area contributed by atoms with Crippen LogP contribution in [0.4, 0.5) is 8.78 Å². The summed E-state index contributed by atoms with van der Waals surface area (Å²) in [5.41, 5.74) is 2.28. The van der Waals surface area contributed by atoms with Crippen molar-refractivity contribution in [3.63, 3.8) is 0 Å². The molecule has 1 aliphatic heterocycles. The molecule has 2 aromatic rings. The smallest absolute Gasteiger partial charge is 0.135 e. The van der Waals surface area contributed by atoms with Crippen molar-refractivity contribution >= 4 is 12.2 Å². The van der Waals surface area contributed by atoms with Crippen LogP contribution in [-0.2, 0) is 24.2 Å². The molecular formula is C14H12F2N2OS. The highest BCUT2D eigenvalue weighted by molar-refractivity contribution is 7.71. The number of aromatic amines is 1. The van der Waals surface area contributed by atoms with Gasteiger partial charge in [-0.05, 0) is 11.6 Å². The zero-order valence-corrected chi connectivity index (χ0v) is 11.4. The van der Waals surface area contributed by atoms with Crippen LogP contribution < -0.4 is 0 Å². The van der Waals surface area contributed by atoms with Crippen LogP contribution in [0.1, 0.15) is 22.6 Å². The van der Waals surface area contributed by atoms with Gasteiger partial charge in [0, 0.05) is 30.2 Å². The SMILES string of the molecule is Fc1ccc(Cc2nc(=S)c3c([nH]2)CCOC3)c(F)c1. The van der Waals surface area contributed by atoms with Gasteiger partial charge in [0.2, 0.25) is 0 Å². The first-order valence-electron chi connectivity index (χ1n) is 6.26. The normalized spacial score (nSPS) is 14.1. The number of nitrogens with one attached hydrogen (secondary N) is 1. The Bertz CT molecular complexity index is 715. The predicted molar refractivity (Wildman–Crippen MR) is 71.9 cm³/mol. The van der Waals surface area contributed by atoms with Crippen LogP contribution >= 0.6 is 12.2 Å². The molecule has 2 heterocycles. The van der Waals surface area contributed by atoms with Gasteiger partial charge in [-0.3, -0.25) is 0 Å². The Morgan fingerprint density at radius 1 is 1.35 bits per heavy atom. The molecule has 1 N–H and O–H groups in total. The number of fused-ring (bicyclic) bond motifs is 1. The number of H-pyrrole nitrogens is 1. The summed E-state index contributed by atoms with van der Waals surface area (Å²) in [4.78, 5) is 7.44. The van der Waals surface area contributed by atoms with Gasteiger partial charge in [0.25, 0.3) is 0 Å². The van der Waals surface area contributed by atoms with E-state index >= 15 is 0 Å². The van der Waals surface area contributed by atoms with E-state index in [9.17, 15) is 8.78 Å². The number of benzene rings is 1. The van der Waals surface area contributed by atoms with Crippen LogP contribution in [0, 0.1) is 16.3 Å². The zero-order chi connectivity index (χ0) is 14.1.